The van der Waals surface area contributed by atoms with Gasteiger partial charge in [0.25, 0.3) is 5.91 Å². The first-order chi connectivity index (χ1) is 11.2. The Bertz CT molecular complexity index is 636. The number of nitrogens with zero attached hydrogens (tertiary/aromatic N) is 2. The minimum Gasteiger partial charge on any atom is -0.379 e. The molecule has 1 aromatic carbocycles. The smallest absolute Gasteiger partial charge is 0.289 e. The molecule has 1 atom stereocenters. The molecule has 6 heteroatoms. The number of amides is 1. The van der Waals surface area contributed by atoms with Gasteiger partial charge in [-0.05, 0) is 12.5 Å². The topological polar surface area (TPSA) is 67.6 Å². The number of nitrogens with one attached hydrogen (secondary N) is 1. The third-order valence-electron chi connectivity index (χ3n) is 3.98. The van der Waals surface area contributed by atoms with E-state index in [9.17, 15) is 4.79 Å². The quantitative estimate of drug-likeness (QED) is 0.911. The number of morpholine rings is 1. The van der Waals surface area contributed by atoms with Crippen molar-refractivity contribution in [2.45, 2.75) is 13.0 Å². The van der Waals surface area contributed by atoms with Gasteiger partial charge in [0.1, 0.15) is 0 Å². The Hall–Kier alpha value is -2.18. The van der Waals surface area contributed by atoms with Gasteiger partial charge in [-0.3, -0.25) is 9.69 Å². The maximum absolute atomic E-state index is 12.2. The monoisotopic (exact) mass is 315 g/mol. The van der Waals surface area contributed by atoms with Crippen LogP contribution >= 0.6 is 0 Å². The number of hydrogen-bond donors (Lipinski definition) is 1. The second-order valence-electron chi connectivity index (χ2n) is 5.62. The van der Waals surface area contributed by atoms with Gasteiger partial charge in [-0.2, -0.15) is 0 Å². The fourth-order valence-corrected chi connectivity index (χ4v) is 2.77. The predicted octanol–water partition coefficient (Wildman–Crippen LogP) is 1.79. The van der Waals surface area contributed by atoms with Crippen molar-refractivity contribution in [2.24, 2.45) is 0 Å². The van der Waals surface area contributed by atoms with Crippen LogP contribution in [0.4, 0.5) is 0 Å². The summed E-state index contributed by atoms with van der Waals surface area (Å²) in [6.07, 6.45) is 0. The summed E-state index contributed by atoms with van der Waals surface area (Å²) in [5.74, 6) is 0.0103. The van der Waals surface area contributed by atoms with Crippen molar-refractivity contribution in [3.05, 3.63) is 53.4 Å². The van der Waals surface area contributed by atoms with Crippen LogP contribution in [0.15, 0.2) is 40.9 Å². The second-order valence-corrected chi connectivity index (χ2v) is 5.62. The molecule has 1 fully saturated rings. The molecule has 1 N–H and O–H groups in total. The first-order valence-electron chi connectivity index (χ1n) is 7.82. The van der Waals surface area contributed by atoms with Crippen molar-refractivity contribution in [1.82, 2.24) is 15.4 Å². The van der Waals surface area contributed by atoms with E-state index in [1.807, 2.05) is 18.2 Å². The van der Waals surface area contributed by atoms with Crippen molar-refractivity contribution in [1.29, 1.82) is 0 Å². The molecule has 0 saturated carbocycles. The highest BCUT2D eigenvalue weighted by Crippen LogP contribution is 2.21. The van der Waals surface area contributed by atoms with Gasteiger partial charge in [0.2, 0.25) is 5.76 Å². The molecular weight excluding hydrogens is 294 g/mol. The van der Waals surface area contributed by atoms with Gasteiger partial charge >= 0.3 is 0 Å². The number of rotatable bonds is 5. The Morgan fingerprint density at radius 1 is 1.30 bits per heavy atom. The Morgan fingerprint density at radius 2 is 2.04 bits per heavy atom. The summed E-state index contributed by atoms with van der Waals surface area (Å²) in [5, 5.41) is 6.70. The standard InChI is InChI=1S/C17H21N3O3/c1-13-11-16(23-19-13)17(21)18-12-15(14-5-3-2-4-6-14)20-7-9-22-10-8-20/h2-6,11,15H,7-10,12H2,1H3,(H,18,21). The van der Waals surface area contributed by atoms with E-state index in [0.717, 1.165) is 26.3 Å². The molecule has 2 aromatic rings. The van der Waals surface area contributed by atoms with Crippen molar-refractivity contribution >= 4 is 5.91 Å². The van der Waals surface area contributed by atoms with E-state index in [-0.39, 0.29) is 17.7 Å². The Labute approximate surface area is 135 Å². The minimum absolute atomic E-state index is 0.119. The first kappa shape index (κ1) is 15.7. The number of carbonyl (C=O) groups excluding carboxylic acids is 1. The highest BCUT2D eigenvalue weighted by atomic mass is 16.5. The second kappa shape index (κ2) is 7.39. The molecular formula is C17H21N3O3. The normalized spacial score (nSPS) is 16.9. The number of carbonyl (C=O) groups is 1. The van der Waals surface area contributed by atoms with Crippen LogP contribution in [0.25, 0.3) is 0 Å². The molecule has 1 aliphatic rings. The molecule has 1 aromatic heterocycles. The van der Waals surface area contributed by atoms with E-state index in [4.69, 9.17) is 9.26 Å². The van der Waals surface area contributed by atoms with Crippen molar-refractivity contribution < 1.29 is 14.1 Å². The highest BCUT2D eigenvalue weighted by molar-refractivity contribution is 5.91. The summed E-state index contributed by atoms with van der Waals surface area (Å²) >= 11 is 0. The zero-order chi connectivity index (χ0) is 16.1. The zero-order valence-electron chi connectivity index (χ0n) is 13.2. The van der Waals surface area contributed by atoms with E-state index in [0.29, 0.717) is 12.2 Å². The third kappa shape index (κ3) is 3.97. The molecule has 0 radical (unpaired) electrons. The van der Waals surface area contributed by atoms with Gasteiger partial charge in [0.05, 0.1) is 24.9 Å². The number of ether oxygens (including phenoxy) is 1. The van der Waals surface area contributed by atoms with Crippen LogP contribution in [0.5, 0.6) is 0 Å². The Kier molecular flexibility index (Phi) is 5.05. The zero-order valence-corrected chi connectivity index (χ0v) is 13.2. The van der Waals surface area contributed by atoms with Crippen LogP contribution in [0.2, 0.25) is 0 Å². The highest BCUT2D eigenvalue weighted by Gasteiger charge is 2.23. The molecule has 0 aliphatic carbocycles. The lowest BCUT2D eigenvalue weighted by molar-refractivity contribution is 0.0161. The molecule has 1 saturated heterocycles. The molecule has 0 bridgehead atoms. The van der Waals surface area contributed by atoms with Crippen LogP contribution in [0, 0.1) is 6.92 Å². The van der Waals surface area contributed by atoms with Gasteiger partial charge in [-0.1, -0.05) is 35.5 Å². The van der Waals surface area contributed by atoms with E-state index in [1.54, 1.807) is 13.0 Å². The molecule has 1 unspecified atom stereocenters. The van der Waals surface area contributed by atoms with Gasteiger partial charge in [-0.15, -0.1) is 0 Å². The number of hydrogen-bond acceptors (Lipinski definition) is 5. The van der Waals surface area contributed by atoms with E-state index < -0.39 is 0 Å². The molecule has 6 nitrogen and oxygen atoms in total. The Balaban J connectivity index is 1.69. The Morgan fingerprint density at radius 3 is 2.70 bits per heavy atom. The lowest BCUT2D eigenvalue weighted by Gasteiger charge is -2.34. The lowest BCUT2D eigenvalue weighted by Crippen LogP contribution is -2.43. The van der Waals surface area contributed by atoms with Crippen LogP contribution in [0.3, 0.4) is 0 Å². The maximum Gasteiger partial charge on any atom is 0.289 e. The van der Waals surface area contributed by atoms with E-state index in [2.05, 4.69) is 27.5 Å². The number of aryl methyl sites for hydroxylation is 1. The average molecular weight is 315 g/mol. The summed E-state index contributed by atoms with van der Waals surface area (Å²) in [7, 11) is 0. The van der Waals surface area contributed by atoms with Crippen LogP contribution in [0.1, 0.15) is 27.9 Å². The third-order valence-corrected chi connectivity index (χ3v) is 3.98. The van der Waals surface area contributed by atoms with Crippen molar-refractivity contribution in [3.8, 4) is 0 Å². The molecule has 23 heavy (non-hydrogen) atoms. The maximum atomic E-state index is 12.2. The molecule has 122 valence electrons. The van der Waals surface area contributed by atoms with Crippen LogP contribution < -0.4 is 5.32 Å². The van der Waals surface area contributed by atoms with E-state index in [1.165, 1.54) is 5.56 Å². The summed E-state index contributed by atoms with van der Waals surface area (Å²) in [5.41, 5.74) is 1.88. The summed E-state index contributed by atoms with van der Waals surface area (Å²) < 4.78 is 10.4. The molecule has 1 amide bonds. The predicted molar refractivity (Wildman–Crippen MR) is 85.1 cm³/mol. The first-order valence-corrected chi connectivity index (χ1v) is 7.82. The lowest BCUT2D eigenvalue weighted by atomic mass is 10.0. The van der Waals surface area contributed by atoms with Gasteiger partial charge in [-0.25, -0.2) is 0 Å². The minimum atomic E-state index is -0.236. The molecule has 2 heterocycles. The van der Waals surface area contributed by atoms with Crippen molar-refractivity contribution in [2.75, 3.05) is 32.8 Å². The fourth-order valence-electron chi connectivity index (χ4n) is 2.77. The summed E-state index contributed by atoms with van der Waals surface area (Å²) in [4.78, 5) is 14.5. The fraction of sp³-hybridized carbons (Fsp3) is 0.412. The van der Waals surface area contributed by atoms with E-state index >= 15 is 0 Å². The summed E-state index contributed by atoms with van der Waals surface area (Å²) in [6.45, 7) is 5.47. The number of benzene rings is 1. The van der Waals surface area contributed by atoms with Crippen LogP contribution in [-0.4, -0.2) is 48.8 Å². The average Bonchev–Trinajstić information content (AvgIpc) is 3.03. The number of aromatic nitrogens is 1. The van der Waals surface area contributed by atoms with Crippen LogP contribution in [-0.2, 0) is 4.74 Å². The molecule has 1 aliphatic heterocycles. The van der Waals surface area contributed by atoms with Gasteiger partial charge in [0, 0.05) is 25.7 Å². The largest absolute Gasteiger partial charge is 0.379 e. The van der Waals surface area contributed by atoms with Gasteiger partial charge < -0.3 is 14.6 Å². The van der Waals surface area contributed by atoms with Crippen molar-refractivity contribution in [3.63, 3.8) is 0 Å². The SMILES string of the molecule is Cc1cc(C(=O)NCC(c2ccccc2)N2CCOCC2)on1. The van der Waals surface area contributed by atoms with Gasteiger partial charge in [0.15, 0.2) is 0 Å². The molecule has 3 rings (SSSR count). The summed E-state index contributed by atoms with van der Waals surface area (Å²) in [6, 6.07) is 12.0. The molecule has 0 spiro atoms.